The zero-order valence-corrected chi connectivity index (χ0v) is 15.9. The van der Waals surface area contributed by atoms with Gasteiger partial charge in [0.15, 0.2) is 17.3 Å². The number of ether oxygens (including phenoxy) is 2. The molecule has 2 aromatic rings. The Labute approximate surface area is 156 Å². The highest BCUT2D eigenvalue weighted by atomic mass is 35.5. The smallest absolute Gasteiger partial charge is 0.216 e. The fourth-order valence-electron chi connectivity index (χ4n) is 3.16. The van der Waals surface area contributed by atoms with E-state index in [1.54, 1.807) is 31.2 Å². The third-order valence-electron chi connectivity index (χ3n) is 4.47. The van der Waals surface area contributed by atoms with Crippen molar-refractivity contribution in [2.75, 3.05) is 14.2 Å². The third-order valence-corrected chi connectivity index (χ3v) is 5.13. The monoisotopic (exact) mass is 380 g/mol. The summed E-state index contributed by atoms with van der Waals surface area (Å²) in [5.41, 5.74) is 0.719. The Hall–Kier alpha value is -1.86. The zero-order valence-electron chi connectivity index (χ0n) is 14.3. The molecular formula is C17H21ClN4O2S. The highest BCUT2D eigenvalue weighted by Gasteiger charge is 2.21. The van der Waals surface area contributed by atoms with E-state index in [9.17, 15) is 0 Å². The van der Waals surface area contributed by atoms with Crippen LogP contribution >= 0.6 is 23.8 Å². The van der Waals surface area contributed by atoms with Crippen molar-refractivity contribution in [1.82, 2.24) is 14.9 Å². The van der Waals surface area contributed by atoms with Crippen molar-refractivity contribution in [3.8, 4) is 11.5 Å². The van der Waals surface area contributed by atoms with Gasteiger partial charge in [-0.2, -0.15) is 14.9 Å². The van der Waals surface area contributed by atoms with E-state index in [2.05, 4.69) is 15.3 Å². The predicted octanol–water partition coefficient (Wildman–Crippen LogP) is 4.54. The van der Waals surface area contributed by atoms with E-state index in [0.717, 1.165) is 24.2 Å². The number of aromatic nitrogens is 3. The fourth-order valence-corrected chi connectivity index (χ4v) is 3.63. The molecule has 134 valence electrons. The van der Waals surface area contributed by atoms with E-state index in [0.29, 0.717) is 27.2 Å². The van der Waals surface area contributed by atoms with Crippen LogP contribution in [0.3, 0.4) is 0 Å². The van der Waals surface area contributed by atoms with Crippen LogP contribution in [0.5, 0.6) is 11.5 Å². The number of nitrogens with zero attached hydrogens (tertiary/aromatic N) is 3. The van der Waals surface area contributed by atoms with Gasteiger partial charge < -0.3 is 9.47 Å². The van der Waals surface area contributed by atoms with Gasteiger partial charge in [-0.25, -0.2) is 0 Å². The minimum Gasteiger partial charge on any atom is -0.493 e. The summed E-state index contributed by atoms with van der Waals surface area (Å²) in [6.45, 7) is 0. The summed E-state index contributed by atoms with van der Waals surface area (Å²) in [6.07, 6.45) is 7.62. The van der Waals surface area contributed by atoms with Crippen LogP contribution in [0.2, 0.25) is 5.02 Å². The molecule has 6 nitrogen and oxygen atoms in total. The van der Waals surface area contributed by atoms with Gasteiger partial charge in [-0.3, -0.25) is 5.10 Å². The van der Waals surface area contributed by atoms with Gasteiger partial charge in [0.05, 0.1) is 25.5 Å². The Kier molecular flexibility index (Phi) is 5.75. The number of hydrogen-bond acceptors (Lipinski definition) is 5. The maximum absolute atomic E-state index is 6.41. The molecule has 25 heavy (non-hydrogen) atoms. The molecule has 1 heterocycles. The molecule has 1 saturated carbocycles. The summed E-state index contributed by atoms with van der Waals surface area (Å²) in [5, 5.41) is 12.2. The van der Waals surface area contributed by atoms with E-state index in [1.165, 1.54) is 19.3 Å². The second-order valence-electron chi connectivity index (χ2n) is 5.98. The maximum Gasteiger partial charge on any atom is 0.216 e. The molecular weight excluding hydrogens is 360 g/mol. The van der Waals surface area contributed by atoms with Crippen molar-refractivity contribution in [3.63, 3.8) is 0 Å². The number of halogens is 1. The van der Waals surface area contributed by atoms with E-state index < -0.39 is 0 Å². The molecule has 0 radical (unpaired) electrons. The minimum absolute atomic E-state index is 0.389. The summed E-state index contributed by atoms with van der Waals surface area (Å²) < 4.78 is 12.7. The first-order chi connectivity index (χ1) is 12.2. The quantitative estimate of drug-likeness (QED) is 0.610. The van der Waals surface area contributed by atoms with Crippen LogP contribution in [0.15, 0.2) is 17.2 Å². The van der Waals surface area contributed by atoms with Gasteiger partial charge in [0.1, 0.15) is 0 Å². The summed E-state index contributed by atoms with van der Waals surface area (Å²) in [4.78, 5) is 0. The molecule has 0 aliphatic heterocycles. The molecule has 3 rings (SSSR count). The normalized spacial score (nSPS) is 15.6. The van der Waals surface area contributed by atoms with Crippen molar-refractivity contribution in [1.29, 1.82) is 0 Å². The largest absolute Gasteiger partial charge is 0.493 e. The molecule has 0 amide bonds. The van der Waals surface area contributed by atoms with E-state index in [-0.39, 0.29) is 0 Å². The van der Waals surface area contributed by atoms with Crippen LogP contribution in [-0.2, 0) is 0 Å². The average Bonchev–Trinajstić information content (AvgIpc) is 3.01. The Morgan fingerprint density at radius 1 is 1.28 bits per heavy atom. The molecule has 1 aliphatic rings. The predicted molar refractivity (Wildman–Crippen MR) is 101 cm³/mol. The highest BCUT2D eigenvalue weighted by Crippen LogP contribution is 2.36. The molecule has 0 spiro atoms. The summed E-state index contributed by atoms with van der Waals surface area (Å²) in [6, 6.07) is 3.62. The molecule has 0 unspecified atom stereocenters. The van der Waals surface area contributed by atoms with Gasteiger partial charge in [0.2, 0.25) is 4.77 Å². The molecule has 0 bridgehead atoms. The lowest BCUT2D eigenvalue weighted by atomic mass is 9.89. The number of benzene rings is 1. The Morgan fingerprint density at radius 3 is 2.72 bits per heavy atom. The van der Waals surface area contributed by atoms with E-state index in [4.69, 9.17) is 33.3 Å². The van der Waals surface area contributed by atoms with Crippen molar-refractivity contribution in [3.05, 3.63) is 33.3 Å². The SMILES string of the molecule is COc1ccc(/C=N\n2c(C3CCCCC3)n[nH]c2=S)c(Cl)c1OC. The van der Waals surface area contributed by atoms with E-state index >= 15 is 0 Å². The van der Waals surface area contributed by atoms with Crippen LogP contribution < -0.4 is 9.47 Å². The Balaban J connectivity index is 1.93. The molecule has 1 fully saturated rings. The van der Waals surface area contributed by atoms with Crippen molar-refractivity contribution in [2.45, 2.75) is 38.0 Å². The number of aromatic amines is 1. The summed E-state index contributed by atoms with van der Waals surface area (Å²) >= 11 is 11.7. The van der Waals surface area contributed by atoms with E-state index in [1.807, 2.05) is 6.07 Å². The van der Waals surface area contributed by atoms with Crippen molar-refractivity contribution in [2.24, 2.45) is 5.10 Å². The minimum atomic E-state index is 0.389. The Morgan fingerprint density at radius 2 is 2.04 bits per heavy atom. The second-order valence-corrected chi connectivity index (χ2v) is 6.75. The first-order valence-corrected chi connectivity index (χ1v) is 9.06. The molecule has 1 aromatic carbocycles. The second kappa shape index (κ2) is 8.01. The number of hydrogen-bond donors (Lipinski definition) is 1. The van der Waals surface area contributed by atoms with Crippen molar-refractivity contribution >= 4 is 30.0 Å². The summed E-state index contributed by atoms with van der Waals surface area (Å²) in [7, 11) is 3.13. The molecule has 1 aromatic heterocycles. The van der Waals surface area contributed by atoms with Gasteiger partial charge in [-0.15, -0.1) is 0 Å². The molecule has 1 aliphatic carbocycles. The van der Waals surface area contributed by atoms with Crippen LogP contribution in [0.4, 0.5) is 0 Å². The lowest BCUT2D eigenvalue weighted by molar-refractivity contribution is 0.355. The highest BCUT2D eigenvalue weighted by molar-refractivity contribution is 7.71. The molecule has 0 atom stereocenters. The maximum atomic E-state index is 6.41. The molecule has 0 saturated heterocycles. The number of methoxy groups -OCH3 is 2. The third kappa shape index (κ3) is 3.72. The van der Waals surface area contributed by atoms with Gasteiger partial charge >= 0.3 is 0 Å². The topological polar surface area (TPSA) is 64.4 Å². The zero-order chi connectivity index (χ0) is 17.8. The molecule has 8 heteroatoms. The first-order valence-electron chi connectivity index (χ1n) is 8.28. The van der Waals surface area contributed by atoms with Crippen LogP contribution in [0.1, 0.15) is 49.4 Å². The lowest BCUT2D eigenvalue weighted by Crippen LogP contribution is -2.10. The lowest BCUT2D eigenvalue weighted by Gasteiger charge is -2.19. The average molecular weight is 381 g/mol. The van der Waals surface area contributed by atoms with Gasteiger partial charge in [-0.1, -0.05) is 30.9 Å². The Bertz CT molecular complexity index is 825. The van der Waals surface area contributed by atoms with Crippen molar-refractivity contribution < 1.29 is 9.47 Å². The standard InChI is InChI=1S/C17H21ClN4O2S/c1-23-13-9-8-12(14(18)15(13)24-2)10-19-22-16(20-21-17(22)25)11-6-4-3-5-7-11/h8-11H,3-7H2,1-2H3,(H,21,25)/b19-10-. The summed E-state index contributed by atoms with van der Waals surface area (Å²) in [5.74, 6) is 2.33. The fraction of sp³-hybridized carbons (Fsp3) is 0.471. The van der Waals surface area contributed by atoms with Gasteiger partial charge in [0.25, 0.3) is 0 Å². The number of rotatable bonds is 5. The van der Waals surface area contributed by atoms with Crippen LogP contribution in [0.25, 0.3) is 0 Å². The van der Waals surface area contributed by atoms with Crippen LogP contribution in [0, 0.1) is 4.77 Å². The number of nitrogens with one attached hydrogen (secondary N) is 1. The molecule has 1 N–H and O–H groups in total. The first kappa shape index (κ1) is 17.9. The van der Waals surface area contributed by atoms with Gasteiger partial charge in [-0.05, 0) is 37.2 Å². The van der Waals surface area contributed by atoms with Gasteiger partial charge in [0, 0.05) is 11.5 Å². The number of H-pyrrole nitrogens is 1. The van der Waals surface area contributed by atoms with Crippen LogP contribution in [-0.4, -0.2) is 35.3 Å².